The van der Waals surface area contributed by atoms with Gasteiger partial charge in [0.25, 0.3) is 0 Å². The van der Waals surface area contributed by atoms with Gasteiger partial charge in [0.2, 0.25) is 5.95 Å². The quantitative estimate of drug-likeness (QED) is 0.180. The zero-order valence-corrected chi connectivity index (χ0v) is 32.6. The predicted molar refractivity (Wildman–Crippen MR) is 246 cm³/mol. The highest BCUT2D eigenvalue weighted by Gasteiger charge is 2.35. The molecule has 0 fully saturated rings. The maximum atomic E-state index is 5.52. The Bertz CT molecular complexity index is 3770. The average molecular weight is 753 g/mol. The van der Waals surface area contributed by atoms with Gasteiger partial charge in [0, 0.05) is 49.0 Å². The van der Waals surface area contributed by atoms with Crippen LogP contribution in [0.5, 0.6) is 0 Å². The number of hydrogen-bond acceptors (Lipinski definition) is 2. The van der Waals surface area contributed by atoms with Crippen LogP contribution in [-0.2, 0) is 5.41 Å². The van der Waals surface area contributed by atoms with Crippen LogP contribution in [0.2, 0.25) is 0 Å². The summed E-state index contributed by atoms with van der Waals surface area (Å²) in [7, 11) is 0. The molecule has 0 N–H and O–H groups in total. The maximum absolute atomic E-state index is 5.52. The van der Waals surface area contributed by atoms with E-state index in [0.717, 1.165) is 44.3 Å². The van der Waals surface area contributed by atoms with E-state index in [-0.39, 0.29) is 5.41 Å². The van der Waals surface area contributed by atoms with Gasteiger partial charge in [-0.25, -0.2) is 9.97 Å². The Balaban J connectivity index is 1.05. The van der Waals surface area contributed by atoms with E-state index in [1.807, 2.05) is 0 Å². The van der Waals surface area contributed by atoms with Crippen molar-refractivity contribution in [2.24, 2.45) is 0 Å². The summed E-state index contributed by atoms with van der Waals surface area (Å²) in [5.41, 5.74) is 13.9. The summed E-state index contributed by atoms with van der Waals surface area (Å²) < 4.78 is 4.72. The number of hydrogen-bond donors (Lipinski definition) is 0. The van der Waals surface area contributed by atoms with E-state index in [1.165, 1.54) is 71.0 Å². The zero-order valence-electron chi connectivity index (χ0n) is 32.6. The molecule has 1 aliphatic carbocycles. The van der Waals surface area contributed by atoms with Gasteiger partial charge in [-0.3, -0.25) is 4.57 Å². The van der Waals surface area contributed by atoms with Crippen LogP contribution in [0.15, 0.2) is 182 Å². The molecule has 0 spiro atoms. The van der Waals surface area contributed by atoms with Crippen molar-refractivity contribution < 1.29 is 0 Å². The van der Waals surface area contributed by atoms with Crippen molar-refractivity contribution in [3.05, 3.63) is 193 Å². The Kier molecular flexibility index (Phi) is 6.48. The molecule has 0 saturated carbocycles. The second-order valence-electron chi connectivity index (χ2n) is 16.6. The molecular weight excluding hydrogens is 717 g/mol. The molecule has 0 atom stereocenters. The molecule has 9 aromatic carbocycles. The summed E-state index contributed by atoms with van der Waals surface area (Å²) in [5.74, 6) is 0.664. The van der Waals surface area contributed by atoms with Gasteiger partial charge in [-0.1, -0.05) is 147 Å². The number of aromatic nitrogens is 4. The fourth-order valence-electron chi connectivity index (χ4n) is 10.3. The zero-order chi connectivity index (χ0) is 39.0. The second kappa shape index (κ2) is 11.7. The minimum atomic E-state index is -0.118. The SMILES string of the molecule is CC1(C)c2ccccc2-c2ccc(-c3nc(-n4c5ccccc5c5cc6ccc(-n7c8ccccc8c8ccc9ccccc9c87)cc6cc54)nc4ccccc34)cc21. The van der Waals surface area contributed by atoms with Gasteiger partial charge in [-0.2, -0.15) is 0 Å². The highest BCUT2D eigenvalue weighted by Crippen LogP contribution is 2.50. The first-order chi connectivity index (χ1) is 29.0. The summed E-state index contributed by atoms with van der Waals surface area (Å²) in [6.07, 6.45) is 0. The topological polar surface area (TPSA) is 35.6 Å². The molecule has 13 rings (SSSR count). The van der Waals surface area contributed by atoms with Gasteiger partial charge in [-0.05, 0) is 86.9 Å². The molecule has 0 radical (unpaired) electrons. The molecule has 4 heteroatoms. The van der Waals surface area contributed by atoms with Crippen LogP contribution in [0.3, 0.4) is 0 Å². The summed E-state index contributed by atoms with van der Waals surface area (Å²) in [5, 5.41) is 10.7. The van der Waals surface area contributed by atoms with Gasteiger partial charge in [0.05, 0.1) is 33.3 Å². The number of fused-ring (bicyclic) bond motifs is 13. The van der Waals surface area contributed by atoms with Crippen LogP contribution < -0.4 is 0 Å². The second-order valence-corrected chi connectivity index (χ2v) is 16.6. The monoisotopic (exact) mass is 752 g/mol. The highest BCUT2D eigenvalue weighted by molar-refractivity contribution is 6.19. The number of para-hydroxylation sites is 3. The lowest BCUT2D eigenvalue weighted by Gasteiger charge is -2.22. The molecule has 0 unspecified atom stereocenters. The van der Waals surface area contributed by atoms with E-state index in [4.69, 9.17) is 9.97 Å². The van der Waals surface area contributed by atoms with E-state index in [1.54, 1.807) is 0 Å². The van der Waals surface area contributed by atoms with Crippen molar-refractivity contribution >= 4 is 76.1 Å². The van der Waals surface area contributed by atoms with Gasteiger partial charge in [0.15, 0.2) is 0 Å². The number of benzene rings is 9. The minimum absolute atomic E-state index is 0.118. The van der Waals surface area contributed by atoms with Crippen LogP contribution >= 0.6 is 0 Å². The standard InChI is InChI=1S/C55H36N4/c1-55(2)46-19-9-5-15-39(46)40-27-25-35(31-47(40)55)52-44-18-6-10-20-48(44)56-54(57-52)59-50-22-12-8-17-42(50)45-30-34-23-26-37(29-36(34)32-51(45)59)58-49-21-11-7-16-41(49)43-28-24-33-13-3-4-14-38(33)53(43)58/h3-32H,1-2H3. The first-order valence-electron chi connectivity index (χ1n) is 20.4. The van der Waals surface area contributed by atoms with Crippen molar-refractivity contribution in [3.8, 4) is 34.0 Å². The van der Waals surface area contributed by atoms with Crippen molar-refractivity contribution in [2.45, 2.75) is 19.3 Å². The van der Waals surface area contributed by atoms with Crippen molar-refractivity contribution in [3.63, 3.8) is 0 Å². The average Bonchev–Trinajstić information content (AvgIpc) is 3.88. The molecule has 0 bridgehead atoms. The number of rotatable bonds is 3. The fourth-order valence-corrected chi connectivity index (χ4v) is 10.3. The minimum Gasteiger partial charge on any atom is -0.309 e. The molecular formula is C55H36N4. The molecule has 3 heterocycles. The molecule has 1 aliphatic rings. The maximum Gasteiger partial charge on any atom is 0.235 e. The van der Waals surface area contributed by atoms with Crippen LogP contribution in [0, 0.1) is 0 Å². The van der Waals surface area contributed by atoms with Crippen LogP contribution in [-0.4, -0.2) is 19.1 Å². The first kappa shape index (κ1) is 32.5. The first-order valence-corrected chi connectivity index (χ1v) is 20.4. The molecule has 59 heavy (non-hydrogen) atoms. The fraction of sp³-hybridized carbons (Fsp3) is 0.0545. The van der Waals surface area contributed by atoms with Gasteiger partial charge < -0.3 is 4.57 Å². The Labute approximate surface area is 340 Å². The smallest absolute Gasteiger partial charge is 0.235 e. The molecule has 276 valence electrons. The Hall–Kier alpha value is -7.56. The summed E-state index contributed by atoms with van der Waals surface area (Å²) in [6, 6.07) is 66.4. The van der Waals surface area contributed by atoms with Crippen molar-refractivity contribution in [1.82, 2.24) is 19.1 Å². The molecule has 4 nitrogen and oxygen atoms in total. The van der Waals surface area contributed by atoms with E-state index in [0.29, 0.717) is 5.95 Å². The van der Waals surface area contributed by atoms with Gasteiger partial charge in [-0.15, -0.1) is 0 Å². The molecule has 0 saturated heterocycles. The van der Waals surface area contributed by atoms with E-state index >= 15 is 0 Å². The normalized spacial score (nSPS) is 13.4. The van der Waals surface area contributed by atoms with Crippen molar-refractivity contribution in [2.75, 3.05) is 0 Å². The van der Waals surface area contributed by atoms with Gasteiger partial charge >= 0.3 is 0 Å². The Morgan fingerprint density at radius 1 is 0.407 bits per heavy atom. The van der Waals surface area contributed by atoms with Crippen LogP contribution in [0.1, 0.15) is 25.0 Å². The third-order valence-electron chi connectivity index (χ3n) is 13.1. The molecule has 3 aromatic heterocycles. The molecule has 0 amide bonds. The van der Waals surface area contributed by atoms with Crippen molar-refractivity contribution in [1.29, 1.82) is 0 Å². The lowest BCUT2D eigenvalue weighted by molar-refractivity contribution is 0.660. The third-order valence-corrected chi connectivity index (χ3v) is 13.1. The Morgan fingerprint density at radius 3 is 1.95 bits per heavy atom. The highest BCUT2D eigenvalue weighted by atomic mass is 15.2. The third kappa shape index (κ3) is 4.49. The van der Waals surface area contributed by atoms with E-state index in [9.17, 15) is 0 Å². The van der Waals surface area contributed by atoms with E-state index in [2.05, 4.69) is 205 Å². The Morgan fingerprint density at radius 2 is 1.08 bits per heavy atom. The lowest BCUT2D eigenvalue weighted by Crippen LogP contribution is -2.15. The molecule has 0 aliphatic heterocycles. The van der Waals surface area contributed by atoms with Gasteiger partial charge in [0.1, 0.15) is 0 Å². The molecule has 12 aromatic rings. The predicted octanol–water partition coefficient (Wildman–Crippen LogP) is 14.1. The van der Waals surface area contributed by atoms with Crippen LogP contribution in [0.4, 0.5) is 0 Å². The van der Waals surface area contributed by atoms with E-state index < -0.39 is 0 Å². The largest absolute Gasteiger partial charge is 0.309 e. The summed E-state index contributed by atoms with van der Waals surface area (Å²) in [4.78, 5) is 10.8. The number of nitrogens with zero attached hydrogens (tertiary/aromatic N) is 4. The summed E-state index contributed by atoms with van der Waals surface area (Å²) >= 11 is 0. The summed E-state index contributed by atoms with van der Waals surface area (Å²) in [6.45, 7) is 4.67. The lowest BCUT2D eigenvalue weighted by atomic mass is 9.82. The van der Waals surface area contributed by atoms with Crippen LogP contribution in [0.25, 0.3) is 110 Å².